The number of hydrogen-bond acceptors (Lipinski definition) is 3. The van der Waals surface area contributed by atoms with Crippen LogP contribution >= 0.6 is 11.6 Å². The Morgan fingerprint density at radius 3 is 2.58 bits per heavy atom. The number of nitrogens with zero attached hydrogens (tertiary/aromatic N) is 1. The molecule has 106 valence electrons. The minimum atomic E-state index is -4.58. The van der Waals surface area contributed by atoms with Crippen molar-refractivity contribution in [2.24, 2.45) is 16.8 Å². The Morgan fingerprint density at radius 1 is 1.42 bits per heavy atom. The zero-order chi connectivity index (χ0) is 14.5. The number of nitrogens with two attached hydrogens (primary N) is 1. The van der Waals surface area contributed by atoms with Crippen LogP contribution in [0.1, 0.15) is 5.56 Å². The lowest BCUT2D eigenvalue weighted by Crippen LogP contribution is -2.42. The molecule has 0 aromatic heterocycles. The molecule has 19 heavy (non-hydrogen) atoms. The van der Waals surface area contributed by atoms with E-state index < -0.39 is 24.5 Å². The first kappa shape index (κ1) is 15.6. The molecule has 0 aliphatic heterocycles. The summed E-state index contributed by atoms with van der Waals surface area (Å²) in [6.07, 6.45) is -4.58. The summed E-state index contributed by atoms with van der Waals surface area (Å²) in [5, 5.41) is 13.8. The van der Waals surface area contributed by atoms with E-state index >= 15 is 0 Å². The minimum Gasteiger partial charge on any atom is -0.409 e. The van der Waals surface area contributed by atoms with Crippen molar-refractivity contribution in [3.63, 3.8) is 0 Å². The minimum absolute atomic E-state index is 0.158. The average molecular weight is 296 g/mol. The summed E-state index contributed by atoms with van der Waals surface area (Å²) in [6.45, 7) is -0.338. The Hall–Kier alpha value is -1.47. The molecule has 0 heterocycles. The Labute approximate surface area is 113 Å². The Kier molecular flexibility index (Phi) is 5.44. The highest BCUT2D eigenvalue weighted by Gasteiger charge is 2.42. The molecule has 0 fully saturated rings. The van der Waals surface area contributed by atoms with Crippen LogP contribution in [0.15, 0.2) is 29.4 Å². The maximum atomic E-state index is 12.6. The van der Waals surface area contributed by atoms with Gasteiger partial charge >= 0.3 is 6.18 Å². The van der Waals surface area contributed by atoms with Crippen molar-refractivity contribution >= 4 is 17.4 Å². The first-order valence-electron chi connectivity index (χ1n) is 5.34. The standard InChI is InChI=1S/C11H13ClF3N3O/c12-9-4-2-1-3-7(9)5-17-6-8(10(16)18-19)11(13,14)15/h1-4,8,17,19H,5-6H2,(H2,16,18). The van der Waals surface area contributed by atoms with Gasteiger partial charge in [0.2, 0.25) is 0 Å². The van der Waals surface area contributed by atoms with Gasteiger partial charge in [0.25, 0.3) is 0 Å². The van der Waals surface area contributed by atoms with Crippen LogP contribution in [0.5, 0.6) is 0 Å². The lowest BCUT2D eigenvalue weighted by atomic mass is 10.1. The van der Waals surface area contributed by atoms with Gasteiger partial charge in [0.1, 0.15) is 5.92 Å². The van der Waals surface area contributed by atoms with Gasteiger partial charge in [-0.2, -0.15) is 13.2 Å². The summed E-state index contributed by atoms with van der Waals surface area (Å²) in [7, 11) is 0. The zero-order valence-electron chi connectivity index (χ0n) is 9.78. The second kappa shape index (κ2) is 6.63. The molecule has 0 saturated heterocycles. The van der Waals surface area contributed by atoms with Crippen LogP contribution in [0.2, 0.25) is 5.02 Å². The van der Waals surface area contributed by atoms with E-state index in [0.717, 1.165) is 0 Å². The molecule has 1 atom stereocenters. The summed E-state index contributed by atoms with van der Waals surface area (Å²) in [4.78, 5) is 0. The molecule has 0 spiro atoms. The van der Waals surface area contributed by atoms with E-state index in [1.165, 1.54) is 0 Å². The highest BCUT2D eigenvalue weighted by molar-refractivity contribution is 6.31. The van der Waals surface area contributed by atoms with Crippen LogP contribution < -0.4 is 11.1 Å². The number of alkyl halides is 3. The van der Waals surface area contributed by atoms with Crippen molar-refractivity contribution in [3.8, 4) is 0 Å². The van der Waals surface area contributed by atoms with Crippen LogP contribution in [0.25, 0.3) is 0 Å². The highest BCUT2D eigenvalue weighted by Crippen LogP contribution is 2.26. The van der Waals surface area contributed by atoms with Gasteiger partial charge in [0.15, 0.2) is 5.84 Å². The predicted molar refractivity (Wildman–Crippen MR) is 66.1 cm³/mol. The van der Waals surface area contributed by atoms with Crippen LogP contribution in [-0.2, 0) is 6.54 Å². The highest BCUT2D eigenvalue weighted by atomic mass is 35.5. The first-order valence-corrected chi connectivity index (χ1v) is 5.72. The van der Waals surface area contributed by atoms with Crippen LogP contribution in [0.3, 0.4) is 0 Å². The van der Waals surface area contributed by atoms with E-state index in [0.29, 0.717) is 10.6 Å². The number of hydrogen-bond donors (Lipinski definition) is 3. The van der Waals surface area contributed by atoms with Gasteiger partial charge in [-0.1, -0.05) is 35.0 Å². The van der Waals surface area contributed by atoms with Crippen molar-refractivity contribution < 1.29 is 18.4 Å². The van der Waals surface area contributed by atoms with Gasteiger partial charge in [0, 0.05) is 18.1 Å². The first-order chi connectivity index (χ1) is 8.86. The summed E-state index contributed by atoms with van der Waals surface area (Å²) in [5.74, 6) is -2.92. The number of rotatable bonds is 5. The zero-order valence-corrected chi connectivity index (χ0v) is 10.5. The van der Waals surface area contributed by atoms with E-state index in [9.17, 15) is 13.2 Å². The molecule has 1 unspecified atom stereocenters. The molecular weight excluding hydrogens is 283 g/mol. The molecular formula is C11H13ClF3N3O. The lowest BCUT2D eigenvalue weighted by molar-refractivity contribution is -0.154. The summed E-state index contributed by atoms with van der Waals surface area (Å²) in [5.41, 5.74) is 5.70. The Balaban J connectivity index is 2.61. The van der Waals surface area contributed by atoms with Crippen molar-refractivity contribution in [1.29, 1.82) is 0 Å². The van der Waals surface area contributed by atoms with E-state index in [4.69, 9.17) is 22.5 Å². The summed E-state index contributed by atoms with van der Waals surface area (Å²) >= 11 is 5.87. The van der Waals surface area contributed by atoms with Crippen molar-refractivity contribution in [2.75, 3.05) is 6.54 Å². The fourth-order valence-electron chi connectivity index (χ4n) is 1.45. The third kappa shape index (κ3) is 4.60. The summed E-state index contributed by atoms with van der Waals surface area (Å²) < 4.78 is 37.9. The average Bonchev–Trinajstić information content (AvgIpc) is 2.34. The summed E-state index contributed by atoms with van der Waals surface area (Å²) in [6, 6.07) is 6.79. The monoisotopic (exact) mass is 295 g/mol. The molecule has 1 aromatic carbocycles. The van der Waals surface area contributed by atoms with Gasteiger partial charge in [-0.3, -0.25) is 0 Å². The predicted octanol–water partition coefficient (Wildman–Crippen LogP) is 2.35. The maximum absolute atomic E-state index is 12.6. The number of benzene rings is 1. The normalized spacial score (nSPS) is 14.4. The van der Waals surface area contributed by atoms with E-state index in [2.05, 4.69) is 10.5 Å². The van der Waals surface area contributed by atoms with Crippen molar-refractivity contribution in [2.45, 2.75) is 12.7 Å². The third-order valence-corrected chi connectivity index (χ3v) is 2.86. The smallest absolute Gasteiger partial charge is 0.400 e. The van der Waals surface area contributed by atoms with E-state index in [-0.39, 0.29) is 6.54 Å². The van der Waals surface area contributed by atoms with Crippen molar-refractivity contribution in [1.82, 2.24) is 5.32 Å². The van der Waals surface area contributed by atoms with Gasteiger partial charge in [-0.25, -0.2) is 0 Å². The second-order valence-corrected chi connectivity index (χ2v) is 4.25. The van der Waals surface area contributed by atoms with Gasteiger partial charge < -0.3 is 16.3 Å². The third-order valence-electron chi connectivity index (χ3n) is 2.49. The van der Waals surface area contributed by atoms with Gasteiger partial charge in [0.05, 0.1) is 0 Å². The van der Waals surface area contributed by atoms with Crippen LogP contribution in [0.4, 0.5) is 13.2 Å². The number of oxime groups is 1. The SMILES string of the molecule is N/C(=N/O)C(CNCc1ccccc1Cl)C(F)(F)F. The molecule has 0 saturated carbocycles. The number of halogens is 4. The van der Waals surface area contributed by atoms with Crippen molar-refractivity contribution in [3.05, 3.63) is 34.9 Å². The molecule has 0 amide bonds. The molecule has 0 bridgehead atoms. The molecule has 1 rings (SSSR count). The number of nitrogens with one attached hydrogen (secondary N) is 1. The molecule has 4 N–H and O–H groups in total. The molecule has 0 aliphatic carbocycles. The van der Waals surface area contributed by atoms with Gasteiger partial charge in [-0.15, -0.1) is 0 Å². The van der Waals surface area contributed by atoms with Crippen LogP contribution in [-0.4, -0.2) is 23.8 Å². The topological polar surface area (TPSA) is 70.6 Å². The quantitative estimate of drug-likeness (QED) is 0.338. The van der Waals surface area contributed by atoms with Gasteiger partial charge in [-0.05, 0) is 11.6 Å². The van der Waals surface area contributed by atoms with E-state index in [1.54, 1.807) is 24.3 Å². The second-order valence-electron chi connectivity index (χ2n) is 3.84. The Bertz CT molecular complexity index is 451. The fraction of sp³-hybridized carbons (Fsp3) is 0.364. The molecule has 0 aliphatic rings. The Morgan fingerprint density at radius 2 is 2.05 bits per heavy atom. The molecule has 8 heteroatoms. The molecule has 0 radical (unpaired) electrons. The lowest BCUT2D eigenvalue weighted by Gasteiger charge is -2.19. The van der Waals surface area contributed by atoms with Crippen LogP contribution in [0, 0.1) is 5.92 Å². The molecule has 1 aromatic rings. The fourth-order valence-corrected chi connectivity index (χ4v) is 1.65. The maximum Gasteiger partial charge on any atom is 0.400 e. The molecule has 4 nitrogen and oxygen atoms in total. The van der Waals surface area contributed by atoms with E-state index in [1.807, 2.05) is 0 Å². The largest absolute Gasteiger partial charge is 0.409 e. The number of amidine groups is 1.